The molecule has 14 heavy (non-hydrogen) atoms. The first-order valence-corrected chi connectivity index (χ1v) is 5.28. The second kappa shape index (κ2) is 4.37. The zero-order chi connectivity index (χ0) is 9.97. The molecule has 1 nitrogen and oxygen atoms in total. The summed E-state index contributed by atoms with van der Waals surface area (Å²) in [7, 11) is 5.55. The third-order valence-electron chi connectivity index (χ3n) is 2.61. The van der Waals surface area contributed by atoms with Crippen LogP contribution in [0.15, 0.2) is 24.3 Å². The third kappa shape index (κ3) is 2.13. The summed E-state index contributed by atoms with van der Waals surface area (Å²) in [5.74, 6) is 0. The average Bonchev–Trinajstić information content (AvgIpc) is 2.67. The highest BCUT2D eigenvalue weighted by molar-refractivity contribution is 6.30. The number of ether oxygens (including phenoxy) is 1. The molecule has 2 rings (SSSR count). The van der Waals surface area contributed by atoms with Crippen LogP contribution in [0.2, 0.25) is 11.3 Å². The van der Waals surface area contributed by atoms with E-state index >= 15 is 0 Å². The van der Waals surface area contributed by atoms with Crippen LogP contribution in [0.25, 0.3) is 0 Å². The van der Waals surface area contributed by atoms with E-state index in [1.54, 1.807) is 0 Å². The fourth-order valence-corrected chi connectivity index (χ4v) is 1.93. The van der Waals surface area contributed by atoms with Gasteiger partial charge in [-0.25, -0.2) is 0 Å². The van der Waals surface area contributed by atoms with Crippen LogP contribution in [0.3, 0.4) is 0 Å². The minimum Gasteiger partial charge on any atom is -0.371 e. The molecule has 0 saturated carbocycles. The molecule has 1 aromatic carbocycles. The first-order chi connectivity index (χ1) is 6.79. The van der Waals surface area contributed by atoms with Crippen LogP contribution in [-0.2, 0) is 4.74 Å². The number of rotatable bonds is 2. The van der Waals surface area contributed by atoms with Crippen LogP contribution in [-0.4, -0.2) is 14.0 Å². The van der Waals surface area contributed by atoms with E-state index in [0.29, 0.717) is 6.32 Å². The maximum absolute atomic E-state index is 5.81. The Morgan fingerprint density at radius 3 is 2.57 bits per heavy atom. The van der Waals surface area contributed by atoms with Crippen molar-refractivity contribution in [2.45, 2.75) is 31.4 Å². The highest BCUT2D eigenvalue weighted by Gasteiger charge is 2.24. The summed E-state index contributed by atoms with van der Waals surface area (Å²) in [5.41, 5.74) is 1.20. The minimum absolute atomic E-state index is 0.209. The van der Waals surface area contributed by atoms with Gasteiger partial charge in [0.2, 0.25) is 0 Å². The van der Waals surface area contributed by atoms with Crippen LogP contribution in [0.5, 0.6) is 0 Å². The lowest BCUT2D eigenvalue weighted by atomic mass is 9.97. The Bertz CT molecular complexity index is 299. The molecule has 0 N–H and O–H groups in total. The van der Waals surface area contributed by atoms with Crippen molar-refractivity contribution in [1.82, 2.24) is 0 Å². The molecule has 0 spiro atoms. The molecule has 2 atom stereocenters. The lowest BCUT2D eigenvalue weighted by Crippen LogP contribution is -2.04. The van der Waals surface area contributed by atoms with Gasteiger partial charge in [0.05, 0.1) is 20.1 Å². The topological polar surface area (TPSA) is 9.23 Å². The van der Waals surface area contributed by atoms with Crippen molar-refractivity contribution in [2.24, 2.45) is 0 Å². The minimum atomic E-state index is 0.209. The molecule has 0 bridgehead atoms. The van der Waals surface area contributed by atoms with Crippen molar-refractivity contribution in [3.05, 3.63) is 34.9 Å². The molecule has 1 heterocycles. The van der Waals surface area contributed by atoms with E-state index in [1.807, 2.05) is 24.3 Å². The Labute approximate surface area is 90.8 Å². The highest BCUT2D eigenvalue weighted by atomic mass is 35.5. The molecule has 3 heteroatoms. The zero-order valence-corrected chi connectivity index (χ0v) is 8.70. The molecule has 1 fully saturated rings. The summed E-state index contributed by atoms with van der Waals surface area (Å²) in [6.45, 7) is 0. The van der Waals surface area contributed by atoms with Gasteiger partial charge in [-0.3, -0.25) is 0 Å². The van der Waals surface area contributed by atoms with E-state index in [-0.39, 0.29) is 12.2 Å². The number of halogens is 1. The van der Waals surface area contributed by atoms with Gasteiger partial charge in [-0.05, 0) is 30.5 Å². The molecular weight excluding hydrogens is 194 g/mol. The Kier molecular flexibility index (Phi) is 3.14. The Balaban J connectivity index is 2.06. The fraction of sp³-hybridized carbons (Fsp3) is 0.455. The fourth-order valence-electron chi connectivity index (χ4n) is 1.80. The smallest absolute Gasteiger partial charge is 0.0829 e. The van der Waals surface area contributed by atoms with Crippen molar-refractivity contribution in [3.8, 4) is 0 Å². The number of hydrogen-bond donors (Lipinski definition) is 0. The number of hydrogen-bond acceptors (Lipinski definition) is 1. The van der Waals surface area contributed by atoms with Gasteiger partial charge in [0, 0.05) is 5.02 Å². The molecule has 2 radical (unpaired) electrons. The molecule has 0 aromatic heterocycles. The highest BCUT2D eigenvalue weighted by Crippen LogP contribution is 2.33. The molecule has 0 amide bonds. The average molecular weight is 206 g/mol. The van der Waals surface area contributed by atoms with E-state index in [1.165, 1.54) is 5.56 Å². The SMILES string of the molecule is [B]C[C@H]1CCC(c2ccc(Cl)cc2)O1. The molecule has 1 aliphatic heterocycles. The van der Waals surface area contributed by atoms with Gasteiger partial charge < -0.3 is 4.74 Å². The van der Waals surface area contributed by atoms with E-state index in [9.17, 15) is 0 Å². The van der Waals surface area contributed by atoms with Gasteiger partial charge in [-0.15, -0.1) is 0 Å². The predicted molar refractivity (Wildman–Crippen MR) is 58.9 cm³/mol. The molecule has 72 valence electrons. The summed E-state index contributed by atoms with van der Waals surface area (Å²) in [5, 5.41) is 0.766. The van der Waals surface area contributed by atoms with E-state index in [4.69, 9.17) is 24.2 Å². The van der Waals surface area contributed by atoms with Crippen molar-refractivity contribution in [3.63, 3.8) is 0 Å². The van der Waals surface area contributed by atoms with Crippen LogP contribution in [0, 0.1) is 0 Å². The van der Waals surface area contributed by atoms with Gasteiger partial charge >= 0.3 is 0 Å². The van der Waals surface area contributed by atoms with E-state index < -0.39 is 0 Å². The Hall–Kier alpha value is -0.465. The van der Waals surface area contributed by atoms with Crippen LogP contribution >= 0.6 is 11.6 Å². The maximum Gasteiger partial charge on any atom is 0.0829 e. The molecule has 0 aliphatic carbocycles. The second-order valence-electron chi connectivity index (χ2n) is 3.61. The summed E-state index contributed by atoms with van der Waals surface area (Å²) < 4.78 is 5.77. The number of benzene rings is 1. The normalized spacial score (nSPS) is 26.6. The van der Waals surface area contributed by atoms with E-state index in [2.05, 4.69) is 0 Å². The Morgan fingerprint density at radius 2 is 2.00 bits per heavy atom. The lowest BCUT2D eigenvalue weighted by Gasteiger charge is -2.12. The third-order valence-corrected chi connectivity index (χ3v) is 2.86. The van der Waals surface area contributed by atoms with E-state index in [0.717, 1.165) is 17.9 Å². The second-order valence-corrected chi connectivity index (χ2v) is 4.05. The van der Waals surface area contributed by atoms with Crippen molar-refractivity contribution in [1.29, 1.82) is 0 Å². The first-order valence-electron chi connectivity index (χ1n) is 4.90. The molecule has 1 aliphatic rings. The molecule has 1 aromatic rings. The first kappa shape index (κ1) is 10.1. The van der Waals surface area contributed by atoms with Crippen molar-refractivity contribution >= 4 is 19.4 Å². The lowest BCUT2D eigenvalue weighted by molar-refractivity contribution is 0.0559. The van der Waals surface area contributed by atoms with Gasteiger partial charge in [-0.2, -0.15) is 0 Å². The van der Waals surface area contributed by atoms with Gasteiger partial charge in [-0.1, -0.05) is 30.1 Å². The zero-order valence-electron chi connectivity index (χ0n) is 7.95. The summed E-state index contributed by atoms with van der Waals surface area (Å²) in [6.07, 6.45) is 3.17. The monoisotopic (exact) mass is 206 g/mol. The maximum atomic E-state index is 5.81. The van der Waals surface area contributed by atoms with Crippen molar-refractivity contribution < 1.29 is 4.74 Å². The Morgan fingerprint density at radius 1 is 1.29 bits per heavy atom. The largest absolute Gasteiger partial charge is 0.371 e. The standard InChI is InChI=1S/C11H12BClO/c12-7-10-5-6-11(14-10)8-1-3-9(13)4-2-8/h1-4,10-11H,5-7H2/t10-,11?/m1/s1. The summed E-state index contributed by atoms with van der Waals surface area (Å²) >= 11 is 5.81. The predicted octanol–water partition coefficient (Wildman–Crippen LogP) is 3.15. The molecule has 1 unspecified atom stereocenters. The molecule has 1 saturated heterocycles. The van der Waals surface area contributed by atoms with Crippen LogP contribution in [0.1, 0.15) is 24.5 Å². The summed E-state index contributed by atoms with van der Waals surface area (Å²) in [4.78, 5) is 0. The van der Waals surface area contributed by atoms with Gasteiger partial charge in [0.25, 0.3) is 0 Å². The van der Waals surface area contributed by atoms with Crippen LogP contribution < -0.4 is 0 Å². The van der Waals surface area contributed by atoms with Gasteiger partial charge in [0.15, 0.2) is 0 Å². The summed E-state index contributed by atoms with van der Waals surface area (Å²) in [6, 6.07) is 7.84. The van der Waals surface area contributed by atoms with Gasteiger partial charge in [0.1, 0.15) is 0 Å². The molecular formula is C11H12BClO. The quantitative estimate of drug-likeness (QED) is 0.676. The van der Waals surface area contributed by atoms with Crippen molar-refractivity contribution in [2.75, 3.05) is 0 Å². The van der Waals surface area contributed by atoms with Crippen LogP contribution in [0.4, 0.5) is 0 Å².